The summed E-state index contributed by atoms with van der Waals surface area (Å²) >= 11 is 0. The molecule has 0 aliphatic carbocycles. The molecule has 1 N–H and O–H groups in total. The third-order valence-corrected chi connectivity index (χ3v) is 2.98. The van der Waals surface area contributed by atoms with Gasteiger partial charge in [0.05, 0.1) is 12.7 Å². The van der Waals surface area contributed by atoms with Gasteiger partial charge in [-0.2, -0.15) is 0 Å². The first-order chi connectivity index (χ1) is 8.00. The molecule has 0 bridgehead atoms. The van der Waals surface area contributed by atoms with Gasteiger partial charge in [0, 0.05) is 6.42 Å². The van der Waals surface area contributed by atoms with Crippen LogP contribution in [0.25, 0.3) is 0 Å². The minimum absolute atomic E-state index is 0.275. The highest BCUT2D eigenvalue weighted by molar-refractivity contribution is 5.30. The first kappa shape index (κ1) is 14.0. The molecule has 1 atom stereocenters. The minimum atomic E-state index is -0.275. The van der Waals surface area contributed by atoms with Crippen molar-refractivity contribution in [3.05, 3.63) is 29.8 Å². The molecule has 17 heavy (non-hydrogen) atoms. The van der Waals surface area contributed by atoms with E-state index in [4.69, 9.17) is 4.74 Å². The van der Waals surface area contributed by atoms with Crippen LogP contribution in [-0.2, 0) is 0 Å². The second-order valence-corrected chi connectivity index (χ2v) is 5.18. The molecule has 0 fully saturated rings. The van der Waals surface area contributed by atoms with Crippen LogP contribution in [0.5, 0.6) is 5.75 Å². The fourth-order valence-electron chi connectivity index (χ4n) is 1.59. The molecule has 96 valence electrons. The Labute approximate surface area is 105 Å². The molecule has 0 saturated carbocycles. The van der Waals surface area contributed by atoms with E-state index in [9.17, 15) is 5.11 Å². The Kier molecular flexibility index (Phi) is 5.49. The molecule has 0 radical (unpaired) electrons. The lowest BCUT2D eigenvalue weighted by Gasteiger charge is -2.15. The number of aliphatic hydroxyl groups is 1. The van der Waals surface area contributed by atoms with Crippen molar-refractivity contribution in [2.24, 2.45) is 5.92 Å². The van der Waals surface area contributed by atoms with Gasteiger partial charge in [-0.05, 0) is 29.5 Å². The first-order valence-corrected chi connectivity index (χ1v) is 6.41. The highest BCUT2D eigenvalue weighted by Crippen LogP contribution is 2.20. The summed E-state index contributed by atoms with van der Waals surface area (Å²) in [6, 6.07) is 8.17. The van der Waals surface area contributed by atoms with Gasteiger partial charge in [0.15, 0.2) is 0 Å². The zero-order valence-corrected chi connectivity index (χ0v) is 11.3. The molecule has 0 aliphatic rings. The van der Waals surface area contributed by atoms with Crippen molar-refractivity contribution >= 4 is 0 Å². The van der Waals surface area contributed by atoms with Gasteiger partial charge < -0.3 is 9.84 Å². The number of hydrogen-bond acceptors (Lipinski definition) is 2. The summed E-state index contributed by atoms with van der Waals surface area (Å²) in [7, 11) is 0. The van der Waals surface area contributed by atoms with Crippen LogP contribution in [0.15, 0.2) is 24.3 Å². The standard InChI is InChI=1S/C15H24O2/c1-11(2)13-6-5-7-14(10-13)17-9-8-15(16)12(3)4/h5-7,10-12,15-16H,8-9H2,1-4H3. The number of hydrogen-bond donors (Lipinski definition) is 1. The summed E-state index contributed by atoms with van der Waals surface area (Å²) in [5.74, 6) is 1.70. The molecule has 0 aliphatic heterocycles. The molecule has 2 heteroatoms. The van der Waals surface area contributed by atoms with E-state index in [1.54, 1.807) is 0 Å². The number of rotatable bonds is 6. The predicted molar refractivity (Wildman–Crippen MR) is 71.5 cm³/mol. The van der Waals surface area contributed by atoms with E-state index in [0.29, 0.717) is 24.9 Å². The molecule has 0 amide bonds. The maximum absolute atomic E-state index is 9.67. The van der Waals surface area contributed by atoms with E-state index in [2.05, 4.69) is 26.0 Å². The Hall–Kier alpha value is -1.02. The number of benzene rings is 1. The molecular formula is C15H24O2. The molecule has 0 saturated heterocycles. The fourth-order valence-corrected chi connectivity index (χ4v) is 1.59. The Morgan fingerprint density at radius 2 is 1.88 bits per heavy atom. The molecule has 1 unspecified atom stereocenters. The zero-order chi connectivity index (χ0) is 12.8. The van der Waals surface area contributed by atoms with Gasteiger partial charge in [-0.1, -0.05) is 39.8 Å². The van der Waals surface area contributed by atoms with Crippen molar-refractivity contribution in [3.8, 4) is 5.75 Å². The number of ether oxygens (including phenoxy) is 1. The normalized spacial score (nSPS) is 13.1. The maximum Gasteiger partial charge on any atom is 0.119 e. The van der Waals surface area contributed by atoms with Crippen molar-refractivity contribution in [1.82, 2.24) is 0 Å². The van der Waals surface area contributed by atoms with Gasteiger partial charge in [-0.25, -0.2) is 0 Å². The lowest BCUT2D eigenvalue weighted by molar-refractivity contribution is 0.0976. The van der Waals surface area contributed by atoms with Crippen LogP contribution >= 0.6 is 0 Å². The molecule has 1 aromatic carbocycles. The van der Waals surface area contributed by atoms with E-state index in [-0.39, 0.29) is 6.10 Å². The molecule has 0 spiro atoms. The lowest BCUT2D eigenvalue weighted by atomic mass is 10.0. The van der Waals surface area contributed by atoms with Gasteiger partial charge in [0.25, 0.3) is 0 Å². The summed E-state index contributed by atoms with van der Waals surface area (Å²) in [6.07, 6.45) is 0.409. The monoisotopic (exact) mass is 236 g/mol. The van der Waals surface area contributed by atoms with Gasteiger partial charge in [0.2, 0.25) is 0 Å². The molecule has 0 aromatic heterocycles. The van der Waals surface area contributed by atoms with Crippen molar-refractivity contribution < 1.29 is 9.84 Å². The quantitative estimate of drug-likeness (QED) is 0.817. The van der Waals surface area contributed by atoms with Gasteiger partial charge in [-0.15, -0.1) is 0 Å². The summed E-state index contributed by atoms with van der Waals surface area (Å²) in [5, 5.41) is 9.67. The molecular weight excluding hydrogens is 212 g/mol. The summed E-state index contributed by atoms with van der Waals surface area (Å²) < 4.78 is 5.66. The third kappa shape index (κ3) is 4.78. The Bertz CT molecular complexity index is 331. The predicted octanol–water partition coefficient (Wildman–Crippen LogP) is 3.60. The molecule has 0 heterocycles. The average Bonchev–Trinajstić information content (AvgIpc) is 2.29. The van der Waals surface area contributed by atoms with E-state index >= 15 is 0 Å². The molecule has 1 rings (SSSR count). The van der Waals surface area contributed by atoms with Gasteiger partial charge in [-0.3, -0.25) is 0 Å². The highest BCUT2D eigenvalue weighted by Gasteiger charge is 2.09. The Morgan fingerprint density at radius 1 is 1.18 bits per heavy atom. The van der Waals surface area contributed by atoms with Crippen LogP contribution in [0, 0.1) is 5.92 Å². The van der Waals surface area contributed by atoms with E-state index < -0.39 is 0 Å². The van der Waals surface area contributed by atoms with Crippen LogP contribution in [0.4, 0.5) is 0 Å². The maximum atomic E-state index is 9.67. The third-order valence-electron chi connectivity index (χ3n) is 2.98. The second kappa shape index (κ2) is 6.65. The van der Waals surface area contributed by atoms with Crippen LogP contribution in [-0.4, -0.2) is 17.8 Å². The summed E-state index contributed by atoms with van der Waals surface area (Å²) in [4.78, 5) is 0. The molecule has 1 aromatic rings. The topological polar surface area (TPSA) is 29.5 Å². The van der Waals surface area contributed by atoms with E-state index in [1.165, 1.54) is 5.56 Å². The Morgan fingerprint density at radius 3 is 2.47 bits per heavy atom. The summed E-state index contributed by atoms with van der Waals surface area (Å²) in [6.45, 7) is 8.94. The van der Waals surface area contributed by atoms with Gasteiger partial charge >= 0.3 is 0 Å². The SMILES string of the molecule is CC(C)c1cccc(OCCC(O)C(C)C)c1. The van der Waals surface area contributed by atoms with Crippen LogP contribution < -0.4 is 4.74 Å². The van der Waals surface area contributed by atoms with Crippen LogP contribution in [0.1, 0.15) is 45.6 Å². The highest BCUT2D eigenvalue weighted by atomic mass is 16.5. The second-order valence-electron chi connectivity index (χ2n) is 5.18. The summed E-state index contributed by atoms with van der Waals surface area (Å²) in [5.41, 5.74) is 1.28. The van der Waals surface area contributed by atoms with Crippen molar-refractivity contribution in [2.45, 2.75) is 46.1 Å². The van der Waals surface area contributed by atoms with E-state index in [0.717, 1.165) is 5.75 Å². The average molecular weight is 236 g/mol. The van der Waals surface area contributed by atoms with Crippen molar-refractivity contribution in [2.75, 3.05) is 6.61 Å². The van der Waals surface area contributed by atoms with Crippen LogP contribution in [0.3, 0.4) is 0 Å². The van der Waals surface area contributed by atoms with Crippen molar-refractivity contribution in [3.63, 3.8) is 0 Å². The minimum Gasteiger partial charge on any atom is -0.493 e. The van der Waals surface area contributed by atoms with Crippen molar-refractivity contribution in [1.29, 1.82) is 0 Å². The van der Waals surface area contributed by atoms with Gasteiger partial charge in [0.1, 0.15) is 5.75 Å². The fraction of sp³-hybridized carbons (Fsp3) is 0.600. The first-order valence-electron chi connectivity index (χ1n) is 6.41. The smallest absolute Gasteiger partial charge is 0.119 e. The van der Waals surface area contributed by atoms with E-state index in [1.807, 2.05) is 26.0 Å². The Balaban J connectivity index is 2.44. The lowest BCUT2D eigenvalue weighted by Crippen LogP contribution is -2.18. The largest absolute Gasteiger partial charge is 0.493 e. The zero-order valence-electron chi connectivity index (χ0n) is 11.3. The molecule has 2 nitrogen and oxygen atoms in total. The van der Waals surface area contributed by atoms with Crippen LogP contribution in [0.2, 0.25) is 0 Å². The number of aliphatic hydroxyl groups excluding tert-OH is 1.